The first-order valence-corrected chi connectivity index (χ1v) is 10.8. The lowest BCUT2D eigenvalue weighted by Gasteiger charge is -2.19. The Hall–Kier alpha value is -3.49. The third-order valence-electron chi connectivity index (χ3n) is 4.38. The zero-order valence-corrected chi connectivity index (χ0v) is 19.6. The Morgan fingerprint density at radius 3 is 2.42 bits per heavy atom. The highest BCUT2D eigenvalue weighted by Crippen LogP contribution is 2.33. The van der Waals surface area contributed by atoms with Crippen LogP contribution in [-0.4, -0.2) is 36.7 Å². The topological polar surface area (TPSA) is 94.8 Å². The lowest BCUT2D eigenvalue weighted by molar-refractivity contribution is 0.0635. The number of rotatable bonds is 4. The number of aromatic nitrogens is 5. The maximum atomic E-state index is 12.2. The van der Waals surface area contributed by atoms with E-state index in [1.54, 1.807) is 62.0 Å². The summed E-state index contributed by atoms with van der Waals surface area (Å²) in [5.41, 5.74) is 2.51. The molecule has 168 valence electrons. The molecule has 0 atom stereocenters. The predicted octanol–water partition coefficient (Wildman–Crippen LogP) is 6.05. The normalized spacial score (nSPS) is 11.3. The summed E-state index contributed by atoms with van der Waals surface area (Å²) in [5.74, 6) is 0.852. The van der Waals surface area contributed by atoms with Gasteiger partial charge in [-0.3, -0.25) is 5.32 Å². The number of hydrogen-bond acceptors (Lipinski definition) is 6. The SMILES string of the molecule is CC(C)(C)OC(=O)Nc1cc(-c2cn(-c3ccc(Cl)nn3)nc2-c2ccc(Cl)cc2)ccn1. The molecule has 33 heavy (non-hydrogen) atoms. The van der Waals surface area contributed by atoms with Gasteiger partial charge in [0.25, 0.3) is 0 Å². The van der Waals surface area contributed by atoms with Crippen LogP contribution in [-0.2, 0) is 4.74 Å². The molecule has 0 fully saturated rings. The molecule has 0 spiro atoms. The van der Waals surface area contributed by atoms with E-state index in [0.29, 0.717) is 22.4 Å². The Balaban J connectivity index is 1.75. The Morgan fingerprint density at radius 2 is 1.76 bits per heavy atom. The molecule has 0 bridgehead atoms. The number of halogens is 2. The van der Waals surface area contributed by atoms with Crippen LogP contribution >= 0.6 is 23.2 Å². The number of nitrogens with zero attached hydrogens (tertiary/aromatic N) is 5. The van der Waals surface area contributed by atoms with Crippen molar-refractivity contribution < 1.29 is 9.53 Å². The summed E-state index contributed by atoms with van der Waals surface area (Å²) >= 11 is 11.9. The van der Waals surface area contributed by atoms with Gasteiger partial charge < -0.3 is 4.74 Å². The van der Waals surface area contributed by atoms with Crippen LogP contribution in [0.3, 0.4) is 0 Å². The summed E-state index contributed by atoms with van der Waals surface area (Å²) in [4.78, 5) is 16.4. The van der Waals surface area contributed by atoms with E-state index < -0.39 is 11.7 Å². The summed E-state index contributed by atoms with van der Waals surface area (Å²) < 4.78 is 6.93. The molecule has 8 nitrogen and oxygen atoms in total. The fraction of sp³-hybridized carbons (Fsp3) is 0.174. The lowest BCUT2D eigenvalue weighted by Crippen LogP contribution is -2.27. The standard InChI is InChI=1S/C23H20Cl2N6O2/c1-23(2,3)33-22(32)27-19-12-15(10-11-26-19)17-13-31(20-9-8-18(25)28-29-20)30-21(17)14-4-6-16(24)7-5-14/h4-13H,1-3H3,(H,26,27,32). The molecule has 0 aliphatic carbocycles. The first-order valence-electron chi connectivity index (χ1n) is 9.99. The largest absolute Gasteiger partial charge is 0.444 e. The minimum atomic E-state index is -0.621. The molecule has 0 unspecified atom stereocenters. The minimum Gasteiger partial charge on any atom is -0.444 e. The highest BCUT2D eigenvalue weighted by atomic mass is 35.5. The van der Waals surface area contributed by atoms with Gasteiger partial charge in [-0.05, 0) is 62.7 Å². The van der Waals surface area contributed by atoms with Gasteiger partial charge in [0.1, 0.15) is 17.1 Å². The van der Waals surface area contributed by atoms with Crippen molar-refractivity contribution in [3.63, 3.8) is 0 Å². The highest BCUT2D eigenvalue weighted by molar-refractivity contribution is 6.30. The second kappa shape index (κ2) is 9.17. The number of benzene rings is 1. The molecule has 0 saturated heterocycles. The number of carbonyl (C=O) groups is 1. The third kappa shape index (κ3) is 5.66. The second-order valence-corrected chi connectivity index (χ2v) is 8.94. The fourth-order valence-electron chi connectivity index (χ4n) is 3.03. The molecular weight excluding hydrogens is 463 g/mol. The highest BCUT2D eigenvalue weighted by Gasteiger charge is 2.18. The Kier molecular flexibility index (Phi) is 6.31. The predicted molar refractivity (Wildman–Crippen MR) is 128 cm³/mol. The van der Waals surface area contributed by atoms with Crippen LogP contribution in [0.2, 0.25) is 10.2 Å². The maximum absolute atomic E-state index is 12.2. The van der Waals surface area contributed by atoms with E-state index in [1.165, 1.54) is 0 Å². The molecule has 0 aliphatic rings. The summed E-state index contributed by atoms with van der Waals surface area (Å²) in [6.45, 7) is 5.38. The van der Waals surface area contributed by atoms with Crippen molar-refractivity contribution >= 4 is 35.1 Å². The van der Waals surface area contributed by atoms with E-state index in [1.807, 2.05) is 24.4 Å². The summed E-state index contributed by atoms with van der Waals surface area (Å²) in [6.07, 6.45) is 2.85. The molecule has 4 aromatic rings. The van der Waals surface area contributed by atoms with Crippen molar-refractivity contribution in [2.45, 2.75) is 26.4 Å². The maximum Gasteiger partial charge on any atom is 0.413 e. The number of nitrogens with one attached hydrogen (secondary N) is 1. The monoisotopic (exact) mass is 482 g/mol. The van der Waals surface area contributed by atoms with Gasteiger partial charge in [0.15, 0.2) is 11.0 Å². The summed E-state index contributed by atoms with van der Waals surface area (Å²) in [7, 11) is 0. The summed E-state index contributed by atoms with van der Waals surface area (Å²) in [5, 5.41) is 16.3. The smallest absolute Gasteiger partial charge is 0.413 e. The number of carbonyl (C=O) groups excluding carboxylic acids is 1. The number of hydrogen-bond donors (Lipinski definition) is 1. The van der Waals surface area contributed by atoms with Gasteiger partial charge in [0, 0.05) is 28.5 Å². The van der Waals surface area contributed by atoms with Gasteiger partial charge in [0.05, 0.1) is 0 Å². The van der Waals surface area contributed by atoms with Gasteiger partial charge >= 0.3 is 6.09 Å². The number of pyridine rings is 1. The van der Waals surface area contributed by atoms with Gasteiger partial charge in [-0.25, -0.2) is 14.5 Å². The van der Waals surface area contributed by atoms with Crippen LogP contribution in [0.4, 0.5) is 10.6 Å². The molecule has 4 rings (SSSR count). The van der Waals surface area contributed by atoms with Crippen LogP contribution in [0, 0.1) is 0 Å². The molecule has 1 aromatic carbocycles. The molecule has 3 heterocycles. The first-order chi connectivity index (χ1) is 15.7. The van der Waals surface area contributed by atoms with Gasteiger partial charge in [0.2, 0.25) is 0 Å². The van der Waals surface area contributed by atoms with E-state index in [-0.39, 0.29) is 5.15 Å². The van der Waals surface area contributed by atoms with Crippen molar-refractivity contribution in [1.82, 2.24) is 25.0 Å². The molecule has 0 aliphatic heterocycles. The molecule has 0 saturated carbocycles. The average molecular weight is 483 g/mol. The molecule has 0 radical (unpaired) electrons. The van der Waals surface area contributed by atoms with Gasteiger partial charge in [-0.1, -0.05) is 35.3 Å². The van der Waals surface area contributed by atoms with E-state index in [9.17, 15) is 4.79 Å². The van der Waals surface area contributed by atoms with E-state index in [4.69, 9.17) is 33.0 Å². The molecule has 1 N–H and O–H groups in total. The Labute approximate surface area is 200 Å². The zero-order valence-electron chi connectivity index (χ0n) is 18.1. The van der Waals surface area contributed by atoms with Crippen LogP contribution in [0.5, 0.6) is 0 Å². The third-order valence-corrected chi connectivity index (χ3v) is 4.84. The van der Waals surface area contributed by atoms with Crippen molar-refractivity contribution in [2.75, 3.05) is 5.32 Å². The number of ether oxygens (including phenoxy) is 1. The fourth-order valence-corrected chi connectivity index (χ4v) is 3.26. The van der Waals surface area contributed by atoms with Gasteiger partial charge in [-0.15, -0.1) is 10.2 Å². The average Bonchev–Trinajstić information content (AvgIpc) is 3.19. The van der Waals surface area contributed by atoms with Crippen LogP contribution in [0.15, 0.2) is 60.9 Å². The van der Waals surface area contributed by atoms with Crippen molar-refractivity contribution in [2.24, 2.45) is 0 Å². The van der Waals surface area contributed by atoms with Crippen LogP contribution in [0.1, 0.15) is 20.8 Å². The second-order valence-electron chi connectivity index (χ2n) is 8.11. The Morgan fingerprint density at radius 1 is 1.00 bits per heavy atom. The van der Waals surface area contributed by atoms with Crippen molar-refractivity contribution in [3.05, 3.63) is 71.1 Å². The lowest BCUT2D eigenvalue weighted by atomic mass is 10.0. The molecular formula is C23H20Cl2N6O2. The van der Waals surface area contributed by atoms with Gasteiger partial charge in [-0.2, -0.15) is 5.10 Å². The number of amides is 1. The minimum absolute atomic E-state index is 0.288. The van der Waals surface area contributed by atoms with E-state index in [0.717, 1.165) is 16.7 Å². The summed E-state index contributed by atoms with van der Waals surface area (Å²) in [6, 6.07) is 14.3. The quantitative estimate of drug-likeness (QED) is 0.380. The Bertz CT molecular complexity index is 1280. The van der Waals surface area contributed by atoms with Crippen molar-refractivity contribution in [3.8, 4) is 28.2 Å². The number of anilines is 1. The zero-order chi connectivity index (χ0) is 23.6. The molecule has 1 amide bonds. The molecule has 3 aromatic heterocycles. The van der Waals surface area contributed by atoms with E-state index in [2.05, 4.69) is 20.5 Å². The van der Waals surface area contributed by atoms with Crippen LogP contribution in [0.25, 0.3) is 28.2 Å². The first kappa shape index (κ1) is 22.7. The van der Waals surface area contributed by atoms with E-state index >= 15 is 0 Å². The molecule has 10 heteroatoms. The van der Waals surface area contributed by atoms with Crippen molar-refractivity contribution in [1.29, 1.82) is 0 Å². The van der Waals surface area contributed by atoms with Crippen LogP contribution < -0.4 is 5.32 Å².